The van der Waals surface area contributed by atoms with Gasteiger partial charge in [0.1, 0.15) is 0 Å². The average Bonchev–Trinajstić information content (AvgIpc) is 3.16. The Morgan fingerprint density at radius 3 is 2.76 bits per heavy atom. The quantitative estimate of drug-likeness (QED) is 0.519. The number of thioether (sulfide) groups is 1. The molecule has 3 aromatic rings. The second-order valence-corrected chi connectivity index (χ2v) is 6.05. The van der Waals surface area contributed by atoms with E-state index < -0.39 is 0 Å². The van der Waals surface area contributed by atoms with Gasteiger partial charge in [-0.2, -0.15) is 4.98 Å². The number of carbonyl (C=O) groups excluding carboxylic acids is 1. The first-order valence-electron chi connectivity index (χ1n) is 7.62. The van der Waals surface area contributed by atoms with Gasteiger partial charge < -0.3 is 9.84 Å². The molecule has 6 nitrogen and oxygen atoms in total. The van der Waals surface area contributed by atoms with Crippen molar-refractivity contribution >= 4 is 17.7 Å². The summed E-state index contributed by atoms with van der Waals surface area (Å²) in [5.41, 5.74) is 1.62. The third kappa shape index (κ3) is 4.54. The normalized spacial score (nSPS) is 10.4. The van der Waals surface area contributed by atoms with E-state index in [1.54, 1.807) is 12.3 Å². The number of rotatable bonds is 7. The van der Waals surface area contributed by atoms with Crippen molar-refractivity contribution < 1.29 is 9.32 Å². The summed E-state index contributed by atoms with van der Waals surface area (Å²) in [6, 6.07) is 13.3. The number of hydrogen-bond acceptors (Lipinski definition) is 6. The number of carbonyl (C=O) groups is 1. The summed E-state index contributed by atoms with van der Waals surface area (Å²) in [6.07, 6.45) is 3.30. The molecule has 2 heterocycles. The molecule has 0 saturated carbocycles. The van der Waals surface area contributed by atoms with E-state index in [0.717, 1.165) is 16.2 Å². The Bertz CT molecular complexity index is 847. The van der Waals surface area contributed by atoms with Gasteiger partial charge in [0.05, 0.1) is 16.3 Å². The zero-order chi connectivity index (χ0) is 17.5. The Hall–Kier alpha value is -2.93. The van der Waals surface area contributed by atoms with E-state index in [-0.39, 0.29) is 5.91 Å². The predicted octanol–water partition coefficient (Wildman–Crippen LogP) is 3.19. The lowest BCUT2D eigenvalue weighted by atomic mass is 10.2. The van der Waals surface area contributed by atoms with Crippen LogP contribution >= 0.6 is 11.8 Å². The zero-order valence-corrected chi connectivity index (χ0v) is 14.2. The SMILES string of the molecule is C=CCNC(=O)CSc1ccc(-c2nc(-c3ccccc3)no2)cn1. The monoisotopic (exact) mass is 352 g/mol. The molecule has 7 heteroatoms. The summed E-state index contributed by atoms with van der Waals surface area (Å²) in [5, 5.41) is 7.46. The van der Waals surface area contributed by atoms with E-state index in [9.17, 15) is 4.79 Å². The molecule has 0 spiro atoms. The summed E-state index contributed by atoms with van der Waals surface area (Å²) in [6.45, 7) is 4.02. The smallest absolute Gasteiger partial charge is 0.259 e. The molecule has 1 amide bonds. The molecule has 1 N–H and O–H groups in total. The summed E-state index contributed by atoms with van der Waals surface area (Å²) in [5.74, 6) is 1.19. The van der Waals surface area contributed by atoms with E-state index in [4.69, 9.17) is 4.52 Å². The maximum absolute atomic E-state index is 11.6. The maximum Gasteiger partial charge on any atom is 0.259 e. The molecule has 0 saturated heterocycles. The molecule has 126 valence electrons. The highest BCUT2D eigenvalue weighted by molar-refractivity contribution is 7.99. The van der Waals surface area contributed by atoms with Crippen LogP contribution in [0.4, 0.5) is 0 Å². The van der Waals surface area contributed by atoms with Crippen LogP contribution in [0.15, 0.2) is 70.9 Å². The summed E-state index contributed by atoms with van der Waals surface area (Å²) >= 11 is 1.36. The number of pyridine rings is 1. The van der Waals surface area contributed by atoms with Crippen molar-refractivity contribution in [2.24, 2.45) is 0 Å². The van der Waals surface area contributed by atoms with Crippen molar-refractivity contribution in [3.05, 3.63) is 61.3 Å². The van der Waals surface area contributed by atoms with Crippen molar-refractivity contribution in [3.8, 4) is 22.8 Å². The van der Waals surface area contributed by atoms with E-state index in [0.29, 0.717) is 24.0 Å². The number of nitrogens with zero attached hydrogens (tertiary/aromatic N) is 3. The molecule has 0 unspecified atom stereocenters. The van der Waals surface area contributed by atoms with Crippen molar-refractivity contribution in [3.63, 3.8) is 0 Å². The van der Waals surface area contributed by atoms with Gasteiger partial charge in [-0.05, 0) is 12.1 Å². The van der Waals surface area contributed by atoms with Crippen LogP contribution in [0.5, 0.6) is 0 Å². The molecule has 0 atom stereocenters. The Morgan fingerprint density at radius 1 is 1.20 bits per heavy atom. The Morgan fingerprint density at radius 2 is 2.04 bits per heavy atom. The number of hydrogen-bond donors (Lipinski definition) is 1. The fourth-order valence-electron chi connectivity index (χ4n) is 2.01. The number of nitrogens with one attached hydrogen (secondary N) is 1. The number of amides is 1. The minimum absolute atomic E-state index is 0.0554. The van der Waals surface area contributed by atoms with Gasteiger partial charge >= 0.3 is 0 Å². The van der Waals surface area contributed by atoms with Gasteiger partial charge in [-0.15, -0.1) is 6.58 Å². The molecule has 1 aromatic carbocycles. The van der Waals surface area contributed by atoms with Gasteiger partial charge in [0.25, 0.3) is 5.89 Å². The highest BCUT2D eigenvalue weighted by Gasteiger charge is 2.11. The van der Waals surface area contributed by atoms with Gasteiger partial charge in [-0.25, -0.2) is 4.98 Å². The van der Waals surface area contributed by atoms with Crippen molar-refractivity contribution in [2.45, 2.75) is 5.03 Å². The van der Waals surface area contributed by atoms with Crippen LogP contribution in [-0.4, -0.2) is 33.3 Å². The third-order valence-corrected chi connectivity index (χ3v) is 4.18. The van der Waals surface area contributed by atoms with Crippen LogP contribution in [0.1, 0.15) is 0 Å². The van der Waals surface area contributed by atoms with Crippen LogP contribution in [0.25, 0.3) is 22.8 Å². The fourth-order valence-corrected chi connectivity index (χ4v) is 2.69. The van der Waals surface area contributed by atoms with Crippen LogP contribution < -0.4 is 5.32 Å². The molecule has 0 bridgehead atoms. The van der Waals surface area contributed by atoms with Crippen LogP contribution in [0, 0.1) is 0 Å². The molecule has 0 aliphatic heterocycles. The second-order valence-electron chi connectivity index (χ2n) is 5.06. The topological polar surface area (TPSA) is 80.9 Å². The number of aromatic nitrogens is 3. The molecule has 3 rings (SSSR count). The highest BCUT2D eigenvalue weighted by Crippen LogP contribution is 2.23. The van der Waals surface area contributed by atoms with Crippen LogP contribution in [0.2, 0.25) is 0 Å². The first-order valence-corrected chi connectivity index (χ1v) is 8.61. The van der Waals surface area contributed by atoms with Gasteiger partial charge in [0, 0.05) is 18.3 Å². The zero-order valence-electron chi connectivity index (χ0n) is 13.4. The standard InChI is InChI=1S/C18H16N4O2S/c1-2-10-19-15(23)12-25-16-9-8-14(11-20-16)18-21-17(22-24-18)13-6-4-3-5-7-13/h2-9,11H,1,10,12H2,(H,19,23). The highest BCUT2D eigenvalue weighted by atomic mass is 32.2. The fraction of sp³-hybridized carbons (Fsp3) is 0.111. The van der Waals surface area contributed by atoms with E-state index in [2.05, 4.69) is 27.0 Å². The first kappa shape index (κ1) is 16.9. The van der Waals surface area contributed by atoms with E-state index in [1.807, 2.05) is 42.5 Å². The second kappa shape index (κ2) is 8.25. The van der Waals surface area contributed by atoms with Gasteiger partial charge in [0.15, 0.2) is 0 Å². The first-order chi connectivity index (χ1) is 12.3. The van der Waals surface area contributed by atoms with Crippen LogP contribution in [0.3, 0.4) is 0 Å². The lowest BCUT2D eigenvalue weighted by Gasteiger charge is -2.02. The lowest BCUT2D eigenvalue weighted by molar-refractivity contribution is -0.118. The molecule has 2 aromatic heterocycles. The van der Waals surface area contributed by atoms with Gasteiger partial charge in [0.2, 0.25) is 11.7 Å². The molecule has 0 aliphatic carbocycles. The Balaban J connectivity index is 1.64. The summed E-state index contributed by atoms with van der Waals surface area (Å²) in [4.78, 5) is 20.3. The molecule has 0 aliphatic rings. The summed E-state index contributed by atoms with van der Waals surface area (Å²) in [7, 11) is 0. The Labute approximate surface area is 149 Å². The summed E-state index contributed by atoms with van der Waals surface area (Å²) < 4.78 is 5.31. The van der Waals surface area contributed by atoms with Crippen molar-refractivity contribution in [1.82, 2.24) is 20.4 Å². The maximum atomic E-state index is 11.6. The largest absolute Gasteiger partial charge is 0.352 e. The van der Waals surface area contributed by atoms with Gasteiger partial charge in [-0.1, -0.05) is 53.3 Å². The third-order valence-electron chi connectivity index (χ3n) is 3.24. The number of benzene rings is 1. The van der Waals surface area contributed by atoms with Crippen molar-refractivity contribution in [2.75, 3.05) is 12.3 Å². The van der Waals surface area contributed by atoms with E-state index >= 15 is 0 Å². The Kier molecular flexibility index (Phi) is 5.58. The minimum atomic E-state index is -0.0554. The predicted molar refractivity (Wildman–Crippen MR) is 96.9 cm³/mol. The van der Waals surface area contributed by atoms with E-state index in [1.165, 1.54) is 11.8 Å². The lowest BCUT2D eigenvalue weighted by Crippen LogP contribution is -2.24. The molecular formula is C18H16N4O2S. The van der Waals surface area contributed by atoms with Crippen LogP contribution in [-0.2, 0) is 4.79 Å². The minimum Gasteiger partial charge on any atom is -0.352 e. The molecular weight excluding hydrogens is 336 g/mol. The van der Waals surface area contributed by atoms with Crippen molar-refractivity contribution in [1.29, 1.82) is 0 Å². The molecule has 0 fully saturated rings. The average molecular weight is 352 g/mol. The molecule has 0 radical (unpaired) electrons. The molecule has 25 heavy (non-hydrogen) atoms. The van der Waals surface area contributed by atoms with Gasteiger partial charge in [-0.3, -0.25) is 4.79 Å².